The Kier molecular flexibility index (Phi) is 3.65. The summed E-state index contributed by atoms with van der Waals surface area (Å²) >= 11 is 1.83. The van der Waals surface area contributed by atoms with Gasteiger partial charge in [-0.25, -0.2) is 4.98 Å². The molecule has 20 heavy (non-hydrogen) atoms. The molecule has 3 heteroatoms. The van der Waals surface area contributed by atoms with Crippen LogP contribution in [-0.4, -0.2) is 11.5 Å². The molecule has 0 saturated carbocycles. The highest BCUT2D eigenvalue weighted by molar-refractivity contribution is 7.11. The highest BCUT2D eigenvalue weighted by Gasteiger charge is 2.36. The van der Waals surface area contributed by atoms with E-state index >= 15 is 0 Å². The topological polar surface area (TPSA) is 38.9 Å². The standard InChI is InChI=1S/C17H22N2S/c1-12-13(2)20-16(19-12)10-17(11-18)9-5-7-14-6-3-4-8-15(14)17/h3-4,6,8H,5,7,9-11,18H2,1-2H3. The number of fused-ring (bicyclic) bond motifs is 1. The summed E-state index contributed by atoms with van der Waals surface area (Å²) in [6, 6.07) is 8.82. The Morgan fingerprint density at radius 3 is 2.80 bits per heavy atom. The average molecular weight is 286 g/mol. The van der Waals surface area contributed by atoms with Gasteiger partial charge in [0.05, 0.1) is 10.7 Å². The van der Waals surface area contributed by atoms with Crippen molar-refractivity contribution in [1.29, 1.82) is 0 Å². The third-order valence-electron chi connectivity index (χ3n) is 4.64. The molecule has 1 atom stereocenters. The van der Waals surface area contributed by atoms with Crippen molar-refractivity contribution in [3.63, 3.8) is 0 Å². The maximum atomic E-state index is 6.22. The van der Waals surface area contributed by atoms with E-state index in [2.05, 4.69) is 38.1 Å². The van der Waals surface area contributed by atoms with Crippen molar-refractivity contribution in [3.05, 3.63) is 51.0 Å². The van der Waals surface area contributed by atoms with Gasteiger partial charge in [-0.1, -0.05) is 24.3 Å². The first-order valence-corrected chi connectivity index (χ1v) is 8.18. The molecule has 0 amide bonds. The Morgan fingerprint density at radius 2 is 2.10 bits per heavy atom. The second kappa shape index (κ2) is 5.30. The van der Waals surface area contributed by atoms with Gasteiger partial charge < -0.3 is 5.73 Å². The monoisotopic (exact) mass is 286 g/mol. The molecule has 0 aliphatic heterocycles. The van der Waals surface area contributed by atoms with E-state index in [4.69, 9.17) is 10.7 Å². The lowest BCUT2D eigenvalue weighted by atomic mass is 9.68. The number of hydrogen-bond acceptors (Lipinski definition) is 3. The number of rotatable bonds is 3. The van der Waals surface area contributed by atoms with Crippen LogP contribution in [0.4, 0.5) is 0 Å². The Labute approximate surface area is 125 Å². The zero-order valence-corrected chi connectivity index (χ0v) is 13.1. The van der Waals surface area contributed by atoms with E-state index in [1.54, 1.807) is 0 Å². The van der Waals surface area contributed by atoms with Crippen molar-refractivity contribution in [1.82, 2.24) is 4.98 Å². The summed E-state index contributed by atoms with van der Waals surface area (Å²) in [5.41, 5.74) is 10.4. The maximum Gasteiger partial charge on any atom is 0.0940 e. The molecule has 1 aliphatic carbocycles. The lowest BCUT2D eigenvalue weighted by Gasteiger charge is -2.38. The predicted octanol–water partition coefficient (Wildman–Crippen LogP) is 3.54. The van der Waals surface area contributed by atoms with Crippen LogP contribution in [0.3, 0.4) is 0 Å². The van der Waals surface area contributed by atoms with Gasteiger partial charge in [0, 0.05) is 23.3 Å². The molecule has 1 aromatic carbocycles. The fourth-order valence-corrected chi connectivity index (χ4v) is 4.46. The number of nitrogens with zero attached hydrogens (tertiary/aromatic N) is 1. The Morgan fingerprint density at radius 1 is 1.30 bits per heavy atom. The van der Waals surface area contributed by atoms with E-state index in [1.165, 1.54) is 46.0 Å². The third-order valence-corrected chi connectivity index (χ3v) is 5.72. The van der Waals surface area contributed by atoms with E-state index in [0.717, 1.165) is 6.42 Å². The minimum atomic E-state index is 0.0889. The first-order valence-electron chi connectivity index (χ1n) is 7.36. The molecule has 2 aromatic rings. The molecule has 0 spiro atoms. The first kappa shape index (κ1) is 13.8. The van der Waals surface area contributed by atoms with E-state index in [1.807, 2.05) is 11.3 Å². The largest absolute Gasteiger partial charge is 0.330 e. The van der Waals surface area contributed by atoms with Gasteiger partial charge in [0.1, 0.15) is 0 Å². The summed E-state index contributed by atoms with van der Waals surface area (Å²) in [4.78, 5) is 6.06. The number of benzene rings is 1. The molecule has 0 saturated heterocycles. The number of hydrogen-bond donors (Lipinski definition) is 1. The number of aromatic nitrogens is 1. The highest BCUT2D eigenvalue weighted by Crippen LogP contribution is 2.40. The summed E-state index contributed by atoms with van der Waals surface area (Å²) in [6.45, 7) is 4.96. The normalized spacial score (nSPS) is 21.8. The predicted molar refractivity (Wildman–Crippen MR) is 85.4 cm³/mol. The van der Waals surface area contributed by atoms with E-state index in [-0.39, 0.29) is 5.41 Å². The molecule has 1 aliphatic rings. The molecule has 106 valence electrons. The van der Waals surface area contributed by atoms with Gasteiger partial charge >= 0.3 is 0 Å². The van der Waals surface area contributed by atoms with Crippen LogP contribution in [0.5, 0.6) is 0 Å². The van der Waals surface area contributed by atoms with Crippen LogP contribution in [0.2, 0.25) is 0 Å². The Bertz CT molecular complexity index is 598. The van der Waals surface area contributed by atoms with Crippen molar-refractivity contribution in [3.8, 4) is 0 Å². The summed E-state index contributed by atoms with van der Waals surface area (Å²) in [5.74, 6) is 0. The van der Waals surface area contributed by atoms with Crippen LogP contribution in [0.15, 0.2) is 24.3 Å². The molecule has 0 fully saturated rings. The molecular formula is C17H22N2S. The number of nitrogens with two attached hydrogens (primary N) is 1. The molecule has 2 N–H and O–H groups in total. The second-order valence-electron chi connectivity index (χ2n) is 5.92. The summed E-state index contributed by atoms with van der Waals surface area (Å²) < 4.78 is 0. The minimum Gasteiger partial charge on any atom is -0.330 e. The van der Waals surface area contributed by atoms with Gasteiger partial charge in [-0.3, -0.25) is 0 Å². The highest BCUT2D eigenvalue weighted by atomic mass is 32.1. The maximum absolute atomic E-state index is 6.22. The van der Waals surface area contributed by atoms with Crippen molar-refractivity contribution in [2.24, 2.45) is 5.73 Å². The van der Waals surface area contributed by atoms with Crippen LogP contribution in [-0.2, 0) is 18.3 Å². The van der Waals surface area contributed by atoms with Crippen LogP contribution >= 0.6 is 11.3 Å². The summed E-state index contributed by atoms with van der Waals surface area (Å²) in [6.07, 6.45) is 4.59. The number of thiazole rings is 1. The zero-order valence-electron chi connectivity index (χ0n) is 12.3. The van der Waals surface area contributed by atoms with Crippen LogP contribution in [0, 0.1) is 13.8 Å². The van der Waals surface area contributed by atoms with Gasteiger partial charge in [-0.2, -0.15) is 0 Å². The third kappa shape index (κ3) is 2.29. The van der Waals surface area contributed by atoms with Gasteiger partial charge in [0.25, 0.3) is 0 Å². The van der Waals surface area contributed by atoms with Crippen molar-refractivity contribution < 1.29 is 0 Å². The molecular weight excluding hydrogens is 264 g/mol. The molecule has 1 aromatic heterocycles. The number of aryl methyl sites for hydroxylation is 3. The van der Waals surface area contributed by atoms with Crippen LogP contribution in [0.25, 0.3) is 0 Å². The van der Waals surface area contributed by atoms with E-state index in [9.17, 15) is 0 Å². The average Bonchev–Trinajstić information content (AvgIpc) is 2.77. The smallest absolute Gasteiger partial charge is 0.0940 e. The molecule has 1 unspecified atom stereocenters. The van der Waals surface area contributed by atoms with Gasteiger partial charge in [0.15, 0.2) is 0 Å². The van der Waals surface area contributed by atoms with Crippen molar-refractivity contribution in [2.75, 3.05) is 6.54 Å². The zero-order chi connectivity index (χ0) is 14.2. The summed E-state index contributed by atoms with van der Waals surface area (Å²) in [7, 11) is 0. The lowest BCUT2D eigenvalue weighted by Crippen LogP contribution is -2.40. The summed E-state index contributed by atoms with van der Waals surface area (Å²) in [5, 5.41) is 1.24. The molecule has 2 nitrogen and oxygen atoms in total. The second-order valence-corrected chi connectivity index (χ2v) is 7.21. The quantitative estimate of drug-likeness (QED) is 0.937. The first-order chi connectivity index (χ1) is 9.64. The molecule has 0 bridgehead atoms. The van der Waals surface area contributed by atoms with Gasteiger partial charge in [-0.05, 0) is 44.2 Å². The fraction of sp³-hybridized carbons (Fsp3) is 0.471. The fourth-order valence-electron chi connectivity index (χ4n) is 3.38. The van der Waals surface area contributed by atoms with E-state index < -0.39 is 0 Å². The minimum absolute atomic E-state index is 0.0889. The molecule has 3 rings (SSSR count). The van der Waals surface area contributed by atoms with E-state index in [0.29, 0.717) is 6.54 Å². The lowest BCUT2D eigenvalue weighted by molar-refractivity contribution is 0.365. The molecule has 0 radical (unpaired) electrons. The Balaban J connectivity index is 2.00. The van der Waals surface area contributed by atoms with Crippen LogP contribution in [0.1, 0.15) is 39.5 Å². The van der Waals surface area contributed by atoms with Crippen molar-refractivity contribution >= 4 is 11.3 Å². The van der Waals surface area contributed by atoms with Crippen LogP contribution < -0.4 is 5.73 Å². The SMILES string of the molecule is Cc1nc(CC2(CN)CCCc3ccccc32)sc1C. The van der Waals surface area contributed by atoms with Gasteiger partial charge in [-0.15, -0.1) is 11.3 Å². The van der Waals surface area contributed by atoms with Gasteiger partial charge in [0.2, 0.25) is 0 Å². The molecule has 1 heterocycles. The Hall–Kier alpha value is -1.19. The van der Waals surface area contributed by atoms with Crippen molar-refractivity contribution in [2.45, 2.75) is 44.9 Å².